The second kappa shape index (κ2) is 30.0. The highest BCUT2D eigenvalue weighted by molar-refractivity contribution is 8.93. The maximum atomic E-state index is 4.84. The van der Waals surface area contributed by atoms with Crippen molar-refractivity contribution in [1.29, 1.82) is 0 Å². The highest BCUT2D eigenvalue weighted by Gasteiger charge is 1.79. The first-order valence-corrected chi connectivity index (χ1v) is 2.90. The van der Waals surface area contributed by atoms with Gasteiger partial charge in [-0.05, 0) is 6.42 Å². The van der Waals surface area contributed by atoms with Gasteiger partial charge in [0.2, 0.25) is 0 Å². The number of rotatable bonds is 4. The molecule has 0 aromatic rings. The Labute approximate surface area is 104 Å². The fourth-order valence-corrected chi connectivity index (χ4v) is 0.496. The molecule has 0 radical (unpaired) electrons. The van der Waals surface area contributed by atoms with Crippen molar-refractivity contribution in [2.24, 2.45) is 0 Å². The zero-order valence-corrected chi connectivity index (χ0v) is 11.6. The standard InChI is InChI=1S/C6H14O.BH3.3BrH/c1-3-4-5-6-7-2;;;;/h3-6H2,1-2H3;1H3;3*1H. The van der Waals surface area contributed by atoms with Gasteiger partial charge in [0.15, 0.2) is 0 Å². The summed E-state index contributed by atoms with van der Waals surface area (Å²) in [5, 5.41) is 0. The van der Waals surface area contributed by atoms with E-state index in [1.807, 2.05) is 0 Å². The Bertz CT molecular complexity index is 37.0. The summed E-state index contributed by atoms with van der Waals surface area (Å²) < 4.78 is 4.84. The molecule has 0 aliphatic rings. The van der Waals surface area contributed by atoms with Crippen LogP contribution in [0, 0.1) is 0 Å². The van der Waals surface area contributed by atoms with E-state index in [1.54, 1.807) is 7.11 Å². The number of hydrogen-bond acceptors (Lipinski definition) is 1. The topological polar surface area (TPSA) is 9.23 Å². The molecular formula is C6H20BBr3O. The van der Waals surface area contributed by atoms with Crippen LogP contribution >= 0.6 is 50.9 Å². The van der Waals surface area contributed by atoms with Crippen LogP contribution < -0.4 is 0 Å². The van der Waals surface area contributed by atoms with Gasteiger partial charge in [-0.1, -0.05) is 19.8 Å². The monoisotopic (exact) mass is 356 g/mol. The molecule has 5 heteroatoms. The summed E-state index contributed by atoms with van der Waals surface area (Å²) in [6.45, 7) is 3.11. The summed E-state index contributed by atoms with van der Waals surface area (Å²) in [4.78, 5) is 0. The minimum absolute atomic E-state index is 0. The van der Waals surface area contributed by atoms with E-state index in [4.69, 9.17) is 4.74 Å². The molecule has 0 saturated heterocycles. The van der Waals surface area contributed by atoms with Gasteiger partial charge in [-0.15, -0.1) is 50.9 Å². The molecule has 0 amide bonds. The maximum absolute atomic E-state index is 4.84. The van der Waals surface area contributed by atoms with Crippen LogP contribution in [0.4, 0.5) is 0 Å². The third-order valence-electron chi connectivity index (χ3n) is 0.952. The van der Waals surface area contributed by atoms with Crippen molar-refractivity contribution in [3.8, 4) is 0 Å². The van der Waals surface area contributed by atoms with Crippen molar-refractivity contribution in [3.05, 3.63) is 0 Å². The smallest absolute Gasteiger partial charge is 0.0814 e. The van der Waals surface area contributed by atoms with Gasteiger partial charge in [-0.2, -0.15) is 0 Å². The molecule has 11 heavy (non-hydrogen) atoms. The summed E-state index contributed by atoms with van der Waals surface area (Å²) in [5.74, 6) is 0. The Balaban J connectivity index is -0.0000000300. The Morgan fingerprint density at radius 1 is 1.00 bits per heavy atom. The van der Waals surface area contributed by atoms with Crippen LogP contribution in [0.3, 0.4) is 0 Å². The fraction of sp³-hybridized carbons (Fsp3) is 1.00. The molecular weight excluding hydrogens is 339 g/mol. The molecule has 74 valence electrons. The molecule has 0 rings (SSSR count). The molecule has 0 fully saturated rings. The van der Waals surface area contributed by atoms with Gasteiger partial charge in [0.1, 0.15) is 0 Å². The van der Waals surface area contributed by atoms with Crippen LogP contribution in [-0.4, -0.2) is 22.1 Å². The van der Waals surface area contributed by atoms with Crippen molar-refractivity contribution in [2.45, 2.75) is 26.2 Å². The second-order valence-electron chi connectivity index (χ2n) is 1.70. The van der Waals surface area contributed by atoms with Gasteiger partial charge < -0.3 is 4.74 Å². The van der Waals surface area contributed by atoms with Crippen LogP contribution in [0.25, 0.3) is 0 Å². The minimum Gasteiger partial charge on any atom is -0.385 e. The number of methoxy groups -OCH3 is 1. The molecule has 0 atom stereocenters. The summed E-state index contributed by atoms with van der Waals surface area (Å²) in [6, 6.07) is 0. The molecule has 0 spiro atoms. The van der Waals surface area contributed by atoms with Crippen LogP contribution in [0.1, 0.15) is 26.2 Å². The lowest BCUT2D eigenvalue weighted by Crippen LogP contribution is -1.85. The molecule has 0 unspecified atom stereocenters. The van der Waals surface area contributed by atoms with Crippen LogP contribution in [0.2, 0.25) is 0 Å². The first-order valence-electron chi connectivity index (χ1n) is 2.90. The number of hydrogen-bond donors (Lipinski definition) is 0. The average Bonchev–Trinajstić information content (AvgIpc) is 1.69. The lowest BCUT2D eigenvalue weighted by molar-refractivity contribution is 0.192. The van der Waals surface area contributed by atoms with E-state index >= 15 is 0 Å². The SMILES string of the molecule is B.Br.Br.Br.CCCCCOC. The van der Waals surface area contributed by atoms with Gasteiger partial charge in [0, 0.05) is 13.7 Å². The Kier molecular flexibility index (Phi) is 80.3. The molecule has 1 nitrogen and oxygen atoms in total. The number of ether oxygens (including phenoxy) is 1. The summed E-state index contributed by atoms with van der Waals surface area (Å²) >= 11 is 0. The van der Waals surface area contributed by atoms with Crippen molar-refractivity contribution in [2.75, 3.05) is 13.7 Å². The zero-order chi connectivity index (χ0) is 5.54. The largest absolute Gasteiger partial charge is 0.385 e. The Hall–Kier alpha value is 1.46. The fourth-order valence-electron chi connectivity index (χ4n) is 0.496. The number of halogens is 3. The molecule has 0 saturated carbocycles. The van der Waals surface area contributed by atoms with Crippen molar-refractivity contribution in [1.82, 2.24) is 0 Å². The minimum atomic E-state index is 0. The molecule has 0 aromatic heterocycles. The molecule has 0 heterocycles. The predicted octanol–water partition coefficient (Wildman–Crippen LogP) is 2.37. The third-order valence-corrected chi connectivity index (χ3v) is 0.952. The van der Waals surface area contributed by atoms with Gasteiger partial charge in [-0.3, -0.25) is 0 Å². The van der Waals surface area contributed by atoms with Crippen molar-refractivity contribution < 1.29 is 4.74 Å². The molecule has 0 bridgehead atoms. The Morgan fingerprint density at radius 2 is 1.45 bits per heavy atom. The summed E-state index contributed by atoms with van der Waals surface area (Å²) in [5.41, 5.74) is 0. The van der Waals surface area contributed by atoms with E-state index in [9.17, 15) is 0 Å². The van der Waals surface area contributed by atoms with Crippen molar-refractivity contribution >= 4 is 59.4 Å². The van der Waals surface area contributed by atoms with E-state index in [1.165, 1.54) is 19.3 Å². The summed E-state index contributed by atoms with van der Waals surface area (Å²) in [6.07, 6.45) is 3.80. The van der Waals surface area contributed by atoms with Gasteiger partial charge in [0.05, 0.1) is 8.41 Å². The van der Waals surface area contributed by atoms with E-state index in [2.05, 4.69) is 6.92 Å². The molecule has 0 N–H and O–H groups in total. The van der Waals surface area contributed by atoms with E-state index in [0.29, 0.717) is 0 Å². The highest BCUT2D eigenvalue weighted by atomic mass is 79.9. The Morgan fingerprint density at radius 3 is 1.73 bits per heavy atom. The van der Waals surface area contributed by atoms with Crippen molar-refractivity contribution in [3.63, 3.8) is 0 Å². The third kappa shape index (κ3) is 34.4. The van der Waals surface area contributed by atoms with E-state index < -0.39 is 0 Å². The van der Waals surface area contributed by atoms with E-state index in [-0.39, 0.29) is 59.4 Å². The van der Waals surface area contributed by atoms with Gasteiger partial charge in [0.25, 0.3) is 0 Å². The van der Waals surface area contributed by atoms with Gasteiger partial charge in [-0.25, -0.2) is 0 Å². The summed E-state index contributed by atoms with van der Waals surface area (Å²) in [7, 11) is 1.75. The zero-order valence-electron chi connectivity index (χ0n) is 6.46. The molecule has 0 aromatic carbocycles. The van der Waals surface area contributed by atoms with E-state index in [0.717, 1.165) is 6.61 Å². The maximum Gasteiger partial charge on any atom is 0.0814 e. The van der Waals surface area contributed by atoms with Crippen LogP contribution in [0.5, 0.6) is 0 Å². The lowest BCUT2D eigenvalue weighted by Gasteiger charge is -1.92. The molecule has 0 aliphatic heterocycles. The second-order valence-corrected chi connectivity index (χ2v) is 1.70. The predicted molar refractivity (Wildman–Crippen MR) is 72.3 cm³/mol. The average molecular weight is 359 g/mol. The highest BCUT2D eigenvalue weighted by Crippen LogP contribution is 1.91. The molecule has 0 aliphatic carbocycles. The first kappa shape index (κ1) is 29.4. The normalized spacial score (nSPS) is 6.00. The number of unbranched alkanes of at least 4 members (excludes halogenated alkanes) is 2. The first-order chi connectivity index (χ1) is 3.41. The lowest BCUT2D eigenvalue weighted by atomic mass is 10.3. The van der Waals surface area contributed by atoms with Gasteiger partial charge >= 0.3 is 0 Å². The quantitative estimate of drug-likeness (QED) is 0.554. The van der Waals surface area contributed by atoms with Crippen LogP contribution in [-0.2, 0) is 4.74 Å². The van der Waals surface area contributed by atoms with Crippen LogP contribution in [0.15, 0.2) is 0 Å².